The van der Waals surface area contributed by atoms with Crippen LogP contribution in [-0.2, 0) is 64.0 Å². The van der Waals surface area contributed by atoms with Gasteiger partial charge < -0.3 is 75.3 Å². The number of aliphatic hydroxyl groups is 1. The number of primary amides is 4. The van der Waals surface area contributed by atoms with E-state index in [0.29, 0.717) is 24.3 Å². The first-order valence-corrected chi connectivity index (χ1v) is 26.5. The summed E-state index contributed by atoms with van der Waals surface area (Å²) >= 11 is 0. The van der Waals surface area contributed by atoms with Crippen molar-refractivity contribution >= 4 is 70.9 Å². The SMILES string of the molecule is CC[C@H](C)CCCCCCCCCC[C@H]1CC(=O)N[C@H](CC(N)=O)C(=O)N[C@@H](Cc2ccc(O)cc2)C(=O)N[C@@H](CC(N)=O)C(=O)N[C@@H](CCC(N)=O)C(=O)N2CCC[C@@H]2C(=O)N[C@@H](CO)C(=O)N[C@H](CC(N)=O)C(=O)N1. The zero-order valence-corrected chi connectivity index (χ0v) is 44.1. The lowest BCUT2D eigenvalue weighted by atomic mass is 9.99. The number of hydrogen-bond donors (Lipinski definition) is 13. The normalized spacial score (nSPS) is 24.0. The predicted molar refractivity (Wildman–Crippen MR) is 277 cm³/mol. The van der Waals surface area contributed by atoms with Crippen molar-refractivity contribution in [3.63, 3.8) is 0 Å². The highest BCUT2D eigenvalue weighted by Crippen LogP contribution is 2.21. The number of phenols is 1. The number of hydrogen-bond acceptors (Lipinski definition) is 14. The van der Waals surface area contributed by atoms with Crippen LogP contribution in [0.25, 0.3) is 0 Å². The summed E-state index contributed by atoms with van der Waals surface area (Å²) in [6.07, 6.45) is 5.80. The molecule has 0 aliphatic carbocycles. The van der Waals surface area contributed by atoms with Crippen LogP contribution in [0.5, 0.6) is 5.75 Å². The summed E-state index contributed by atoms with van der Waals surface area (Å²) in [5.41, 5.74) is 22.3. The fraction of sp³-hybridized carbons (Fsp3) is 0.647. The Morgan fingerprint density at radius 1 is 0.584 bits per heavy atom. The number of aromatic hydroxyl groups is 1. The molecule has 17 N–H and O–H groups in total. The minimum atomic E-state index is -1.85. The van der Waals surface area contributed by atoms with E-state index in [1.165, 1.54) is 30.7 Å². The largest absolute Gasteiger partial charge is 0.508 e. The van der Waals surface area contributed by atoms with Crippen LogP contribution < -0.4 is 60.2 Å². The standard InChI is InChI=1S/C51H80N12O14/c1-3-29(2)13-10-8-6-4-5-7-9-11-14-31-24-44(70)57-35(25-41(53)67)47(73)59-34(23-30-16-18-32(65)19-17-30)46(72)60-37(27-43(55)69)48(74)58-33(20-21-40(52)66)51(77)63-22-12-15-39(63)50(76)62-38(28-64)49(75)61-36(26-42(54)68)45(71)56-31/h16-19,29,31,33-39,64-65H,3-15,20-28H2,1-2H3,(H2,52,66)(H2,53,67)(H2,54,68)(H2,55,69)(H,56,71)(H,57,70)(H,58,74)(H,59,73)(H,60,72)(H,61,75)(H,62,76)/t29-,31-,33-,34-,35+,36+,37-,38-,39+/m0/s1. The van der Waals surface area contributed by atoms with E-state index in [1.54, 1.807) is 0 Å². The quantitative estimate of drug-likeness (QED) is 0.0479. The Hall–Kier alpha value is -7.38. The lowest BCUT2D eigenvalue weighted by Crippen LogP contribution is -2.60. The third-order valence-electron chi connectivity index (χ3n) is 13.6. The Labute approximate surface area is 447 Å². The first-order chi connectivity index (χ1) is 36.5. The summed E-state index contributed by atoms with van der Waals surface area (Å²) in [7, 11) is 0. The molecule has 26 nitrogen and oxygen atoms in total. The van der Waals surface area contributed by atoms with Crippen molar-refractivity contribution < 1.29 is 67.7 Å². The van der Waals surface area contributed by atoms with Crippen molar-refractivity contribution in [3.05, 3.63) is 29.8 Å². The highest BCUT2D eigenvalue weighted by molar-refractivity contribution is 6.00. The summed E-state index contributed by atoms with van der Waals surface area (Å²) in [4.78, 5) is 162. The lowest BCUT2D eigenvalue weighted by molar-refractivity contribution is -0.143. The fourth-order valence-electron chi connectivity index (χ4n) is 9.06. The number of rotatable bonds is 24. The molecular formula is C51H80N12O14. The minimum absolute atomic E-state index is 0.0167. The number of carbonyl (C=O) groups is 12. The van der Waals surface area contributed by atoms with E-state index >= 15 is 0 Å². The molecule has 2 heterocycles. The van der Waals surface area contributed by atoms with Crippen LogP contribution in [0.1, 0.15) is 141 Å². The summed E-state index contributed by atoms with van der Waals surface area (Å²) in [5, 5.41) is 37.3. The minimum Gasteiger partial charge on any atom is -0.508 e. The molecule has 12 amide bonds. The number of carbonyl (C=O) groups excluding carboxylic acids is 12. The van der Waals surface area contributed by atoms with Gasteiger partial charge in [0.1, 0.15) is 48.0 Å². The van der Waals surface area contributed by atoms with Gasteiger partial charge in [0.05, 0.1) is 25.9 Å². The number of nitrogens with zero attached hydrogens (tertiary/aromatic N) is 1. The Kier molecular flexibility index (Phi) is 27.3. The van der Waals surface area contributed by atoms with Crippen LogP contribution in [-0.4, -0.2) is 147 Å². The van der Waals surface area contributed by atoms with E-state index in [9.17, 15) is 67.7 Å². The topological polar surface area (TPSA) is 437 Å². The average Bonchev–Trinajstić information content (AvgIpc) is 3.86. The number of phenolic OH excluding ortho intramolecular Hbond substituents is 1. The molecule has 1 aromatic rings. The van der Waals surface area contributed by atoms with E-state index in [2.05, 4.69) is 51.1 Å². The maximum atomic E-state index is 14.3. The zero-order valence-electron chi connectivity index (χ0n) is 44.1. The van der Waals surface area contributed by atoms with Gasteiger partial charge in [0.15, 0.2) is 0 Å². The van der Waals surface area contributed by atoms with Gasteiger partial charge >= 0.3 is 0 Å². The van der Waals surface area contributed by atoms with Crippen molar-refractivity contribution in [2.75, 3.05) is 13.2 Å². The molecule has 0 saturated carbocycles. The number of fused-ring (bicyclic) bond motifs is 1. The molecule has 77 heavy (non-hydrogen) atoms. The third-order valence-corrected chi connectivity index (χ3v) is 13.6. The molecule has 0 radical (unpaired) electrons. The predicted octanol–water partition coefficient (Wildman–Crippen LogP) is -2.45. The number of unbranched alkanes of at least 4 members (excludes halogenated alkanes) is 7. The highest BCUT2D eigenvalue weighted by Gasteiger charge is 2.41. The fourth-order valence-corrected chi connectivity index (χ4v) is 9.06. The van der Waals surface area contributed by atoms with Gasteiger partial charge in [-0.25, -0.2) is 0 Å². The van der Waals surface area contributed by atoms with Crippen molar-refractivity contribution in [1.82, 2.24) is 42.1 Å². The Bertz CT molecular complexity index is 2230. The second kappa shape index (κ2) is 32.9. The zero-order chi connectivity index (χ0) is 57.2. The van der Waals surface area contributed by atoms with Crippen LogP contribution >= 0.6 is 0 Å². The van der Waals surface area contributed by atoms with Gasteiger partial charge in [0.2, 0.25) is 70.9 Å². The number of benzene rings is 1. The monoisotopic (exact) mass is 1080 g/mol. The summed E-state index contributed by atoms with van der Waals surface area (Å²) < 4.78 is 0. The molecule has 1 aromatic carbocycles. The highest BCUT2D eigenvalue weighted by atomic mass is 16.3. The number of nitrogens with one attached hydrogen (secondary N) is 7. The molecule has 2 aliphatic rings. The van der Waals surface area contributed by atoms with E-state index in [1.807, 2.05) is 0 Å². The van der Waals surface area contributed by atoms with E-state index in [-0.39, 0.29) is 38.0 Å². The van der Waals surface area contributed by atoms with Gasteiger partial charge in [-0.1, -0.05) is 90.2 Å². The molecule has 428 valence electrons. The molecule has 2 aliphatic heterocycles. The average molecular weight is 1090 g/mol. The summed E-state index contributed by atoms with van der Waals surface area (Å²) in [5.74, 6) is -11.9. The van der Waals surface area contributed by atoms with Gasteiger partial charge in [-0.3, -0.25) is 57.5 Å². The smallest absolute Gasteiger partial charge is 0.245 e. The maximum Gasteiger partial charge on any atom is 0.245 e. The Morgan fingerprint density at radius 2 is 1.05 bits per heavy atom. The molecule has 0 aromatic heterocycles. The van der Waals surface area contributed by atoms with Gasteiger partial charge in [0.25, 0.3) is 0 Å². The Morgan fingerprint density at radius 3 is 1.58 bits per heavy atom. The summed E-state index contributed by atoms with van der Waals surface area (Å²) in [6, 6.07) is -7.35. The van der Waals surface area contributed by atoms with E-state index in [0.717, 1.165) is 49.8 Å². The first-order valence-electron chi connectivity index (χ1n) is 26.5. The maximum absolute atomic E-state index is 14.3. The van der Waals surface area contributed by atoms with E-state index < -0.39 is 164 Å². The van der Waals surface area contributed by atoms with Crippen LogP contribution in [0.2, 0.25) is 0 Å². The molecule has 3 rings (SSSR count). The van der Waals surface area contributed by atoms with Crippen LogP contribution in [0.3, 0.4) is 0 Å². The molecule has 0 spiro atoms. The van der Waals surface area contributed by atoms with Gasteiger partial charge in [0, 0.05) is 31.8 Å². The van der Waals surface area contributed by atoms with Crippen LogP contribution in [0, 0.1) is 5.92 Å². The molecular weight excluding hydrogens is 1000 g/mol. The first kappa shape index (κ1) is 63.9. The van der Waals surface area contributed by atoms with Crippen molar-refractivity contribution in [2.45, 2.75) is 191 Å². The second-order valence-corrected chi connectivity index (χ2v) is 20.0. The molecule has 9 atom stereocenters. The van der Waals surface area contributed by atoms with Crippen molar-refractivity contribution in [3.8, 4) is 5.75 Å². The molecule has 2 fully saturated rings. The van der Waals surface area contributed by atoms with Gasteiger partial charge in [-0.15, -0.1) is 0 Å². The lowest BCUT2D eigenvalue weighted by Gasteiger charge is -2.30. The van der Waals surface area contributed by atoms with E-state index in [4.69, 9.17) is 22.9 Å². The van der Waals surface area contributed by atoms with Crippen molar-refractivity contribution in [2.24, 2.45) is 28.9 Å². The molecule has 26 heteroatoms. The molecule has 0 bridgehead atoms. The van der Waals surface area contributed by atoms with Gasteiger partial charge in [-0.2, -0.15) is 0 Å². The number of nitrogens with two attached hydrogens (primary N) is 4. The molecule has 0 unspecified atom stereocenters. The molecule has 2 saturated heterocycles. The van der Waals surface area contributed by atoms with Crippen molar-refractivity contribution in [1.29, 1.82) is 0 Å². The number of aliphatic hydroxyl groups excluding tert-OH is 1. The number of amides is 12. The van der Waals surface area contributed by atoms with Crippen LogP contribution in [0.4, 0.5) is 0 Å². The third kappa shape index (κ3) is 23.2. The Balaban J connectivity index is 2.09. The summed E-state index contributed by atoms with van der Waals surface area (Å²) in [6.45, 7) is 3.29. The second-order valence-electron chi connectivity index (χ2n) is 20.0. The van der Waals surface area contributed by atoms with Crippen LogP contribution in [0.15, 0.2) is 24.3 Å². The van der Waals surface area contributed by atoms with Gasteiger partial charge in [-0.05, 0) is 49.3 Å².